The predicted molar refractivity (Wildman–Crippen MR) is 79.3 cm³/mol. The first-order valence-corrected chi connectivity index (χ1v) is 6.32. The third kappa shape index (κ3) is 3.30. The lowest BCUT2D eigenvalue weighted by Crippen LogP contribution is -1.82. The van der Waals surface area contributed by atoms with Gasteiger partial charge in [0.1, 0.15) is 5.75 Å². The Balaban J connectivity index is 2.20. The lowest BCUT2D eigenvalue weighted by Gasteiger charge is -1.98. The first kappa shape index (κ1) is 12.1. The number of phenols is 1. The topological polar surface area (TPSA) is 32.6 Å². The van der Waals surface area contributed by atoms with Gasteiger partial charge in [0.15, 0.2) is 0 Å². The summed E-state index contributed by atoms with van der Waals surface area (Å²) >= 11 is 2.10. The minimum absolute atomic E-state index is 0.304. The number of nitrogens with zero attached hydrogens (tertiary/aromatic N) is 1. The summed E-state index contributed by atoms with van der Waals surface area (Å²) in [6.45, 7) is 2.05. The molecular formula is C14H12INO. The molecule has 0 spiro atoms. The molecule has 17 heavy (non-hydrogen) atoms. The van der Waals surface area contributed by atoms with Crippen LogP contribution in [0.5, 0.6) is 5.75 Å². The lowest BCUT2D eigenvalue weighted by atomic mass is 10.2. The summed E-state index contributed by atoms with van der Waals surface area (Å²) in [5, 5.41) is 9.41. The van der Waals surface area contributed by atoms with E-state index in [-0.39, 0.29) is 0 Å². The molecule has 0 radical (unpaired) electrons. The van der Waals surface area contributed by atoms with Crippen LogP contribution in [-0.2, 0) is 0 Å². The number of benzene rings is 2. The highest BCUT2D eigenvalue weighted by atomic mass is 127. The fourth-order valence-electron chi connectivity index (χ4n) is 1.38. The summed E-state index contributed by atoms with van der Waals surface area (Å²) in [7, 11) is 0. The molecule has 0 aliphatic heterocycles. The number of halogens is 1. The van der Waals surface area contributed by atoms with E-state index in [0.717, 1.165) is 14.8 Å². The zero-order chi connectivity index (χ0) is 12.3. The van der Waals surface area contributed by atoms with Gasteiger partial charge in [-0.2, -0.15) is 0 Å². The molecule has 0 bridgehead atoms. The largest absolute Gasteiger partial charge is 0.507 e. The molecular weight excluding hydrogens is 325 g/mol. The normalized spacial score (nSPS) is 10.9. The maximum Gasteiger partial charge on any atom is 0.128 e. The highest BCUT2D eigenvalue weighted by Crippen LogP contribution is 2.20. The molecule has 86 valence electrons. The molecule has 0 saturated heterocycles. The summed E-state index contributed by atoms with van der Waals surface area (Å²) < 4.78 is 0.829. The van der Waals surface area contributed by atoms with E-state index in [4.69, 9.17) is 0 Å². The average Bonchev–Trinajstić information content (AvgIpc) is 2.33. The van der Waals surface area contributed by atoms with Gasteiger partial charge in [-0.15, -0.1) is 0 Å². The quantitative estimate of drug-likeness (QED) is 0.651. The number of aromatic hydroxyl groups is 1. The van der Waals surface area contributed by atoms with Crippen molar-refractivity contribution in [2.45, 2.75) is 6.92 Å². The van der Waals surface area contributed by atoms with Crippen molar-refractivity contribution in [3.05, 3.63) is 57.2 Å². The molecule has 0 aliphatic rings. The fraction of sp³-hybridized carbons (Fsp3) is 0.0714. The van der Waals surface area contributed by atoms with Crippen LogP contribution < -0.4 is 0 Å². The van der Waals surface area contributed by atoms with Gasteiger partial charge >= 0.3 is 0 Å². The second-order valence-electron chi connectivity index (χ2n) is 3.80. The smallest absolute Gasteiger partial charge is 0.128 e. The molecule has 0 amide bonds. The van der Waals surface area contributed by atoms with Gasteiger partial charge in [-0.1, -0.05) is 17.7 Å². The van der Waals surface area contributed by atoms with E-state index < -0.39 is 0 Å². The van der Waals surface area contributed by atoms with E-state index in [9.17, 15) is 5.11 Å². The zero-order valence-electron chi connectivity index (χ0n) is 9.39. The van der Waals surface area contributed by atoms with Gasteiger partial charge in [-0.25, -0.2) is 0 Å². The summed E-state index contributed by atoms with van der Waals surface area (Å²) in [4.78, 5) is 4.38. The zero-order valence-corrected chi connectivity index (χ0v) is 11.5. The molecule has 1 N–H and O–H groups in total. The van der Waals surface area contributed by atoms with Gasteiger partial charge in [0.05, 0.1) is 9.26 Å². The molecule has 2 rings (SSSR count). The number of hydrogen-bond donors (Lipinski definition) is 1. The molecule has 0 atom stereocenters. The molecule has 0 aliphatic carbocycles. The van der Waals surface area contributed by atoms with E-state index in [1.54, 1.807) is 12.3 Å². The monoisotopic (exact) mass is 337 g/mol. The van der Waals surface area contributed by atoms with Crippen LogP contribution in [0.2, 0.25) is 0 Å². The first-order valence-electron chi connectivity index (χ1n) is 5.24. The SMILES string of the molecule is Cc1ccc(N=Cc2ccc(O)c(I)c2)cc1. The molecule has 0 fully saturated rings. The molecule has 0 heterocycles. The van der Waals surface area contributed by atoms with E-state index in [1.165, 1.54) is 5.56 Å². The van der Waals surface area contributed by atoms with Crippen LogP contribution in [0.1, 0.15) is 11.1 Å². The third-order valence-electron chi connectivity index (χ3n) is 2.37. The number of aryl methyl sites for hydroxylation is 1. The minimum Gasteiger partial charge on any atom is -0.507 e. The molecule has 0 unspecified atom stereocenters. The Labute approximate surface area is 114 Å². The Hall–Kier alpha value is -1.36. The Morgan fingerprint density at radius 3 is 2.47 bits per heavy atom. The van der Waals surface area contributed by atoms with Crippen LogP contribution in [-0.4, -0.2) is 11.3 Å². The summed E-state index contributed by atoms with van der Waals surface area (Å²) in [6, 6.07) is 13.5. The van der Waals surface area contributed by atoms with Crippen molar-refractivity contribution in [2.24, 2.45) is 4.99 Å². The fourth-order valence-corrected chi connectivity index (χ4v) is 1.92. The standard InChI is InChI=1S/C14H12INO/c1-10-2-5-12(6-3-10)16-9-11-4-7-14(17)13(15)8-11/h2-9,17H,1H3. The van der Waals surface area contributed by atoms with Gasteiger partial charge in [0, 0.05) is 6.21 Å². The maximum atomic E-state index is 9.41. The number of phenolic OH excluding ortho intramolecular Hbond substituents is 1. The Morgan fingerprint density at radius 1 is 1.12 bits per heavy atom. The van der Waals surface area contributed by atoms with E-state index in [2.05, 4.69) is 34.5 Å². The molecule has 0 saturated carbocycles. The van der Waals surface area contributed by atoms with Crippen molar-refractivity contribution in [1.82, 2.24) is 0 Å². The van der Waals surface area contributed by atoms with Crippen LogP contribution >= 0.6 is 22.6 Å². The van der Waals surface area contributed by atoms with Crippen molar-refractivity contribution in [1.29, 1.82) is 0 Å². The van der Waals surface area contributed by atoms with Crippen molar-refractivity contribution in [2.75, 3.05) is 0 Å². The average molecular weight is 337 g/mol. The second-order valence-corrected chi connectivity index (χ2v) is 4.97. The number of aliphatic imine (C=N–C) groups is 1. The molecule has 0 aromatic heterocycles. The number of hydrogen-bond acceptors (Lipinski definition) is 2. The third-order valence-corrected chi connectivity index (χ3v) is 3.23. The Kier molecular flexibility index (Phi) is 3.78. The minimum atomic E-state index is 0.304. The maximum absolute atomic E-state index is 9.41. The van der Waals surface area contributed by atoms with Crippen LogP contribution in [0, 0.1) is 10.5 Å². The molecule has 3 heteroatoms. The van der Waals surface area contributed by atoms with Crippen molar-refractivity contribution in [3.63, 3.8) is 0 Å². The summed E-state index contributed by atoms with van der Waals surface area (Å²) in [6.07, 6.45) is 1.80. The molecule has 2 aromatic rings. The highest BCUT2D eigenvalue weighted by molar-refractivity contribution is 14.1. The Bertz CT molecular complexity index is 547. The van der Waals surface area contributed by atoms with Crippen LogP contribution in [0.15, 0.2) is 47.5 Å². The highest BCUT2D eigenvalue weighted by Gasteiger charge is 1.97. The summed E-state index contributed by atoms with van der Waals surface area (Å²) in [5.74, 6) is 0.304. The lowest BCUT2D eigenvalue weighted by molar-refractivity contribution is 0.471. The molecule has 2 nitrogen and oxygen atoms in total. The second kappa shape index (κ2) is 5.31. The first-order chi connectivity index (χ1) is 8.15. The Morgan fingerprint density at radius 2 is 1.82 bits per heavy atom. The van der Waals surface area contributed by atoms with Gasteiger partial charge in [-0.3, -0.25) is 4.99 Å². The van der Waals surface area contributed by atoms with E-state index >= 15 is 0 Å². The van der Waals surface area contributed by atoms with Crippen molar-refractivity contribution < 1.29 is 5.11 Å². The van der Waals surface area contributed by atoms with Gasteiger partial charge in [0.2, 0.25) is 0 Å². The van der Waals surface area contributed by atoms with Crippen molar-refractivity contribution >= 4 is 34.5 Å². The van der Waals surface area contributed by atoms with Gasteiger partial charge in [-0.05, 0) is 65.4 Å². The summed E-state index contributed by atoms with van der Waals surface area (Å²) in [5.41, 5.74) is 3.13. The van der Waals surface area contributed by atoms with Crippen LogP contribution in [0.3, 0.4) is 0 Å². The predicted octanol–water partition coefficient (Wildman–Crippen LogP) is 4.06. The van der Waals surface area contributed by atoms with Gasteiger partial charge in [0.25, 0.3) is 0 Å². The van der Waals surface area contributed by atoms with Crippen LogP contribution in [0.4, 0.5) is 5.69 Å². The van der Waals surface area contributed by atoms with Gasteiger partial charge < -0.3 is 5.11 Å². The number of rotatable bonds is 2. The van der Waals surface area contributed by atoms with Crippen LogP contribution in [0.25, 0.3) is 0 Å². The van der Waals surface area contributed by atoms with Crippen molar-refractivity contribution in [3.8, 4) is 5.75 Å². The molecule has 2 aromatic carbocycles. The van der Waals surface area contributed by atoms with E-state index in [1.807, 2.05) is 36.4 Å². The van der Waals surface area contributed by atoms with E-state index in [0.29, 0.717) is 5.75 Å².